The predicted molar refractivity (Wildman–Crippen MR) is 89.5 cm³/mol. The van der Waals surface area contributed by atoms with Gasteiger partial charge in [0.1, 0.15) is 0 Å². The molecule has 0 bridgehead atoms. The molecule has 6 nitrogen and oxygen atoms in total. The summed E-state index contributed by atoms with van der Waals surface area (Å²) in [6.45, 7) is 3.29. The molecule has 1 aromatic rings. The molecular formula is C14H24ClN3O3S. The van der Waals surface area contributed by atoms with Gasteiger partial charge in [-0.1, -0.05) is 24.3 Å². The molecule has 0 fully saturated rings. The van der Waals surface area contributed by atoms with Crippen LogP contribution < -0.4 is 10.0 Å². The van der Waals surface area contributed by atoms with Crippen molar-refractivity contribution in [3.05, 3.63) is 35.4 Å². The van der Waals surface area contributed by atoms with Gasteiger partial charge in [0, 0.05) is 39.8 Å². The first-order chi connectivity index (χ1) is 10.1. The Morgan fingerprint density at radius 3 is 2.64 bits per heavy atom. The largest absolute Gasteiger partial charge is 0.383 e. The lowest BCUT2D eigenvalue weighted by Crippen LogP contribution is -2.45. The summed E-state index contributed by atoms with van der Waals surface area (Å²) in [5.74, 6) is 0. The molecule has 8 heteroatoms. The third kappa shape index (κ3) is 5.49. The molecule has 0 saturated carbocycles. The van der Waals surface area contributed by atoms with Crippen molar-refractivity contribution in [2.45, 2.75) is 13.0 Å². The van der Waals surface area contributed by atoms with Crippen LogP contribution in [0.3, 0.4) is 0 Å². The number of hydrogen-bond donors (Lipinski definition) is 2. The fraction of sp³-hybridized carbons (Fsp3) is 0.571. The maximum Gasteiger partial charge on any atom is 0.279 e. The molecular weight excluding hydrogens is 326 g/mol. The van der Waals surface area contributed by atoms with Crippen LogP contribution in [0, 0.1) is 0 Å². The maximum atomic E-state index is 12.2. The van der Waals surface area contributed by atoms with Gasteiger partial charge in [0.05, 0.1) is 6.61 Å². The van der Waals surface area contributed by atoms with E-state index in [4.69, 9.17) is 4.74 Å². The third-order valence-corrected chi connectivity index (χ3v) is 5.07. The highest BCUT2D eigenvalue weighted by Gasteiger charge is 2.25. The lowest BCUT2D eigenvalue weighted by atomic mass is 10.0. The van der Waals surface area contributed by atoms with Gasteiger partial charge in [-0.2, -0.15) is 12.7 Å². The predicted octanol–water partition coefficient (Wildman–Crippen LogP) is 0.537. The first-order valence-electron chi connectivity index (χ1n) is 7.14. The van der Waals surface area contributed by atoms with Gasteiger partial charge in [0.15, 0.2) is 0 Å². The van der Waals surface area contributed by atoms with E-state index in [2.05, 4.69) is 16.1 Å². The minimum atomic E-state index is -3.41. The second kappa shape index (κ2) is 9.44. The highest BCUT2D eigenvalue weighted by Crippen LogP contribution is 2.19. The Labute approximate surface area is 138 Å². The Bertz CT molecular complexity index is 554. The van der Waals surface area contributed by atoms with Crippen molar-refractivity contribution in [2.75, 3.05) is 39.9 Å². The molecule has 0 saturated heterocycles. The molecule has 0 aromatic heterocycles. The fourth-order valence-electron chi connectivity index (χ4n) is 2.33. The van der Waals surface area contributed by atoms with Crippen LogP contribution in [0.5, 0.6) is 0 Å². The van der Waals surface area contributed by atoms with Crippen molar-refractivity contribution in [3.63, 3.8) is 0 Å². The van der Waals surface area contributed by atoms with Crippen molar-refractivity contribution in [1.29, 1.82) is 0 Å². The summed E-state index contributed by atoms with van der Waals surface area (Å²) in [7, 11) is -1.77. The number of benzene rings is 1. The van der Waals surface area contributed by atoms with Crippen molar-refractivity contribution < 1.29 is 13.2 Å². The molecule has 1 heterocycles. The zero-order chi connectivity index (χ0) is 15.1. The van der Waals surface area contributed by atoms with Crippen molar-refractivity contribution >= 4 is 22.6 Å². The minimum absolute atomic E-state index is 0. The van der Waals surface area contributed by atoms with Gasteiger partial charge < -0.3 is 10.1 Å². The monoisotopic (exact) mass is 349 g/mol. The molecule has 126 valence electrons. The molecule has 0 radical (unpaired) electrons. The molecule has 0 spiro atoms. The van der Waals surface area contributed by atoms with Crippen LogP contribution in [0.4, 0.5) is 0 Å². The number of halogens is 1. The Morgan fingerprint density at radius 2 is 1.91 bits per heavy atom. The summed E-state index contributed by atoms with van der Waals surface area (Å²) >= 11 is 0. The zero-order valence-electron chi connectivity index (χ0n) is 12.7. The SMILES string of the molecule is COCCNCCNS(=O)(=O)N1CCc2ccccc2C1.Cl. The topological polar surface area (TPSA) is 70.7 Å². The van der Waals surface area contributed by atoms with E-state index >= 15 is 0 Å². The Hall–Kier alpha value is -0.700. The summed E-state index contributed by atoms with van der Waals surface area (Å²) in [5.41, 5.74) is 2.33. The molecule has 1 aromatic carbocycles. The zero-order valence-corrected chi connectivity index (χ0v) is 14.4. The number of ether oxygens (including phenoxy) is 1. The summed E-state index contributed by atoms with van der Waals surface area (Å²) < 4.78 is 33.5. The van der Waals surface area contributed by atoms with E-state index in [1.54, 1.807) is 7.11 Å². The highest BCUT2D eigenvalue weighted by atomic mass is 35.5. The Balaban J connectivity index is 0.00000242. The first-order valence-corrected chi connectivity index (χ1v) is 8.58. The normalized spacial score (nSPS) is 15.1. The average molecular weight is 350 g/mol. The van der Waals surface area contributed by atoms with Crippen LogP contribution >= 0.6 is 12.4 Å². The van der Waals surface area contributed by atoms with Crippen LogP contribution in [0.25, 0.3) is 0 Å². The number of hydrogen-bond acceptors (Lipinski definition) is 4. The van der Waals surface area contributed by atoms with Gasteiger partial charge in [-0.05, 0) is 17.5 Å². The maximum absolute atomic E-state index is 12.2. The number of methoxy groups -OCH3 is 1. The number of nitrogens with one attached hydrogen (secondary N) is 2. The fourth-order valence-corrected chi connectivity index (χ4v) is 3.52. The van der Waals surface area contributed by atoms with Crippen molar-refractivity contribution in [1.82, 2.24) is 14.3 Å². The van der Waals surface area contributed by atoms with Crippen LogP contribution in [0.1, 0.15) is 11.1 Å². The third-order valence-electron chi connectivity index (χ3n) is 3.50. The molecule has 0 unspecified atom stereocenters. The molecule has 1 aliphatic heterocycles. The number of fused-ring (bicyclic) bond motifs is 1. The lowest BCUT2D eigenvalue weighted by Gasteiger charge is -2.28. The van der Waals surface area contributed by atoms with E-state index in [1.807, 2.05) is 18.2 Å². The van der Waals surface area contributed by atoms with Gasteiger partial charge in [0.2, 0.25) is 0 Å². The summed E-state index contributed by atoms with van der Waals surface area (Å²) in [6.07, 6.45) is 0.767. The van der Waals surface area contributed by atoms with Crippen LogP contribution in [-0.2, 0) is 27.9 Å². The molecule has 0 amide bonds. The van der Waals surface area contributed by atoms with E-state index in [9.17, 15) is 8.42 Å². The highest BCUT2D eigenvalue weighted by molar-refractivity contribution is 7.87. The van der Waals surface area contributed by atoms with Gasteiger partial charge >= 0.3 is 0 Å². The van der Waals surface area contributed by atoms with Gasteiger partial charge in [0.25, 0.3) is 10.2 Å². The van der Waals surface area contributed by atoms with Gasteiger partial charge in [-0.15, -0.1) is 12.4 Å². The average Bonchev–Trinajstić information content (AvgIpc) is 2.50. The molecule has 0 atom stereocenters. The second-order valence-corrected chi connectivity index (χ2v) is 6.75. The quantitative estimate of drug-likeness (QED) is 0.672. The van der Waals surface area contributed by atoms with Crippen molar-refractivity contribution in [3.8, 4) is 0 Å². The summed E-state index contributed by atoms with van der Waals surface area (Å²) in [4.78, 5) is 0. The van der Waals surface area contributed by atoms with Gasteiger partial charge in [-0.25, -0.2) is 4.72 Å². The summed E-state index contributed by atoms with van der Waals surface area (Å²) in [5, 5.41) is 3.11. The van der Waals surface area contributed by atoms with Crippen LogP contribution in [-0.4, -0.2) is 52.6 Å². The molecule has 2 rings (SSSR count). The number of rotatable bonds is 8. The first kappa shape index (κ1) is 19.3. The smallest absolute Gasteiger partial charge is 0.279 e. The molecule has 2 N–H and O–H groups in total. The molecule has 1 aliphatic rings. The van der Waals surface area contributed by atoms with E-state index in [0.29, 0.717) is 32.8 Å². The number of nitrogens with zero attached hydrogens (tertiary/aromatic N) is 1. The van der Waals surface area contributed by atoms with Crippen LogP contribution in [0.2, 0.25) is 0 Å². The van der Waals surface area contributed by atoms with E-state index in [-0.39, 0.29) is 12.4 Å². The Kier molecular flexibility index (Phi) is 8.30. The second-order valence-electron chi connectivity index (χ2n) is 4.99. The van der Waals surface area contributed by atoms with E-state index in [1.165, 1.54) is 9.87 Å². The van der Waals surface area contributed by atoms with Crippen LogP contribution in [0.15, 0.2) is 24.3 Å². The molecule has 0 aliphatic carbocycles. The minimum Gasteiger partial charge on any atom is -0.383 e. The van der Waals surface area contributed by atoms with E-state index < -0.39 is 10.2 Å². The standard InChI is InChI=1S/C14H23N3O3S.ClH/c1-20-11-9-15-7-8-16-21(18,19)17-10-6-13-4-2-3-5-14(13)12-17;/h2-5,15-16H,6-12H2,1H3;1H. The lowest BCUT2D eigenvalue weighted by molar-refractivity contribution is 0.199. The summed E-state index contributed by atoms with van der Waals surface area (Å²) in [6, 6.07) is 7.99. The van der Waals surface area contributed by atoms with Crippen molar-refractivity contribution in [2.24, 2.45) is 0 Å². The van der Waals surface area contributed by atoms with E-state index in [0.717, 1.165) is 18.5 Å². The Morgan fingerprint density at radius 1 is 1.18 bits per heavy atom. The molecule has 22 heavy (non-hydrogen) atoms. The van der Waals surface area contributed by atoms with Gasteiger partial charge in [-0.3, -0.25) is 0 Å².